The number of nitrogens with zero attached hydrogens (tertiary/aromatic N) is 4. The van der Waals surface area contributed by atoms with Crippen LogP contribution in [0, 0.1) is 10.1 Å². The van der Waals surface area contributed by atoms with E-state index in [1.54, 1.807) is 0 Å². The second-order valence-electron chi connectivity index (χ2n) is 6.06. The summed E-state index contributed by atoms with van der Waals surface area (Å²) in [7, 11) is 3.74. The van der Waals surface area contributed by atoms with Crippen LogP contribution >= 0.6 is 0 Å². The van der Waals surface area contributed by atoms with Gasteiger partial charge in [-0.3, -0.25) is 14.9 Å². The summed E-state index contributed by atoms with van der Waals surface area (Å²) in [5, 5.41) is 16.6. The summed E-state index contributed by atoms with van der Waals surface area (Å²) in [6, 6.07) is 15.2. The van der Waals surface area contributed by atoms with Crippen molar-refractivity contribution in [2.75, 3.05) is 19.1 Å². The number of nitro benzene ring substituents is 1. The number of allylic oxidation sites excluding steroid dienone is 1. The number of hydrazone groups is 1. The van der Waals surface area contributed by atoms with E-state index in [0.29, 0.717) is 17.0 Å². The van der Waals surface area contributed by atoms with E-state index in [9.17, 15) is 14.9 Å². The van der Waals surface area contributed by atoms with Crippen molar-refractivity contribution in [1.82, 2.24) is 4.90 Å². The molecule has 0 spiro atoms. The minimum Gasteiger partial charge on any atom is -0.380 e. The standard InChI is InChI=1S/C19H18N4O3/c1-13(21(2)3)17-18(14-7-5-4-6-8-14)20-22(19(17)24)15-9-11-16(12-10-15)23(25)26/h4-12H,1-3H3/b17-13-. The Kier molecular flexibility index (Phi) is 4.53. The SMILES string of the molecule is C/C(=C1/C(=O)N(c2ccc([N+](=O)[O-])cc2)N=C1c1ccccc1)N(C)C. The van der Waals surface area contributed by atoms with Gasteiger partial charge in [0.2, 0.25) is 0 Å². The Morgan fingerprint density at radius 2 is 1.69 bits per heavy atom. The fourth-order valence-electron chi connectivity index (χ4n) is 2.64. The van der Waals surface area contributed by atoms with E-state index in [2.05, 4.69) is 5.10 Å². The first-order valence-electron chi connectivity index (χ1n) is 8.01. The van der Waals surface area contributed by atoms with E-state index in [1.807, 2.05) is 56.3 Å². The molecule has 1 aliphatic heterocycles. The molecule has 0 aromatic heterocycles. The predicted octanol–water partition coefficient (Wildman–Crippen LogP) is 3.18. The van der Waals surface area contributed by atoms with Gasteiger partial charge in [0.05, 0.1) is 16.2 Å². The third-order valence-electron chi connectivity index (χ3n) is 4.23. The summed E-state index contributed by atoms with van der Waals surface area (Å²) >= 11 is 0. The lowest BCUT2D eigenvalue weighted by Crippen LogP contribution is -2.25. The van der Waals surface area contributed by atoms with Gasteiger partial charge in [0.25, 0.3) is 11.6 Å². The Balaban J connectivity index is 2.10. The van der Waals surface area contributed by atoms with Crippen molar-refractivity contribution in [3.63, 3.8) is 0 Å². The number of hydrogen-bond donors (Lipinski definition) is 0. The minimum atomic E-state index is -0.476. The molecule has 7 nitrogen and oxygen atoms in total. The van der Waals surface area contributed by atoms with Gasteiger partial charge in [0, 0.05) is 37.5 Å². The van der Waals surface area contributed by atoms with Gasteiger partial charge in [0.1, 0.15) is 5.71 Å². The van der Waals surface area contributed by atoms with E-state index in [1.165, 1.54) is 29.3 Å². The normalized spacial score (nSPS) is 15.7. The van der Waals surface area contributed by atoms with Crippen molar-refractivity contribution in [3.8, 4) is 0 Å². The Labute approximate surface area is 151 Å². The number of non-ortho nitro benzene ring substituents is 1. The molecule has 0 saturated carbocycles. The summed E-state index contributed by atoms with van der Waals surface area (Å²) in [4.78, 5) is 25.3. The monoisotopic (exact) mass is 350 g/mol. The van der Waals surface area contributed by atoms with Crippen LogP contribution in [-0.4, -0.2) is 35.5 Å². The highest BCUT2D eigenvalue weighted by molar-refractivity contribution is 6.35. The zero-order valence-corrected chi connectivity index (χ0v) is 14.7. The lowest BCUT2D eigenvalue weighted by Gasteiger charge is -2.17. The molecule has 7 heteroatoms. The van der Waals surface area contributed by atoms with Crippen LogP contribution in [0.3, 0.4) is 0 Å². The first-order chi connectivity index (χ1) is 12.4. The van der Waals surface area contributed by atoms with Crippen molar-refractivity contribution in [1.29, 1.82) is 0 Å². The highest BCUT2D eigenvalue weighted by Gasteiger charge is 2.34. The van der Waals surface area contributed by atoms with E-state index in [0.717, 1.165) is 11.3 Å². The molecular formula is C19H18N4O3. The third-order valence-corrected chi connectivity index (χ3v) is 4.23. The topological polar surface area (TPSA) is 79.0 Å². The molecule has 3 rings (SSSR count). The predicted molar refractivity (Wildman–Crippen MR) is 99.9 cm³/mol. The summed E-state index contributed by atoms with van der Waals surface area (Å²) in [6.45, 7) is 1.87. The molecule has 0 unspecified atom stereocenters. The zero-order valence-electron chi connectivity index (χ0n) is 14.7. The Morgan fingerprint density at radius 1 is 1.08 bits per heavy atom. The molecule has 26 heavy (non-hydrogen) atoms. The van der Waals surface area contributed by atoms with Crippen LogP contribution in [0.2, 0.25) is 0 Å². The summed E-state index contributed by atoms with van der Waals surface area (Å²) < 4.78 is 0. The Bertz CT molecular complexity index is 916. The van der Waals surface area contributed by atoms with Gasteiger partial charge in [-0.2, -0.15) is 10.1 Å². The molecule has 0 bridgehead atoms. The summed E-state index contributed by atoms with van der Waals surface area (Å²) in [5.74, 6) is -0.260. The molecule has 0 fully saturated rings. The molecular weight excluding hydrogens is 332 g/mol. The Morgan fingerprint density at radius 3 is 2.23 bits per heavy atom. The van der Waals surface area contributed by atoms with Gasteiger partial charge >= 0.3 is 0 Å². The first-order valence-corrected chi connectivity index (χ1v) is 8.01. The second-order valence-corrected chi connectivity index (χ2v) is 6.06. The van der Waals surface area contributed by atoms with Gasteiger partial charge in [-0.25, -0.2) is 0 Å². The minimum absolute atomic E-state index is 0.0344. The lowest BCUT2D eigenvalue weighted by molar-refractivity contribution is -0.384. The highest BCUT2D eigenvalue weighted by atomic mass is 16.6. The number of carbonyl (C=O) groups excluding carboxylic acids is 1. The smallest absolute Gasteiger partial charge is 0.282 e. The maximum Gasteiger partial charge on any atom is 0.282 e. The molecule has 0 radical (unpaired) electrons. The molecule has 0 atom stereocenters. The first kappa shape index (κ1) is 17.3. The number of benzene rings is 2. The zero-order chi connectivity index (χ0) is 18.8. The molecule has 132 valence electrons. The van der Waals surface area contributed by atoms with Crippen molar-refractivity contribution in [2.45, 2.75) is 6.92 Å². The molecule has 1 heterocycles. The van der Waals surface area contributed by atoms with Crippen LogP contribution in [0.4, 0.5) is 11.4 Å². The average molecular weight is 350 g/mol. The van der Waals surface area contributed by atoms with Crippen molar-refractivity contribution in [2.24, 2.45) is 5.10 Å². The number of anilines is 1. The van der Waals surface area contributed by atoms with Crippen LogP contribution in [0.25, 0.3) is 0 Å². The van der Waals surface area contributed by atoms with E-state index in [4.69, 9.17) is 0 Å². The van der Waals surface area contributed by atoms with Gasteiger partial charge in [-0.1, -0.05) is 30.3 Å². The third kappa shape index (κ3) is 3.06. The maximum atomic E-state index is 13.0. The van der Waals surface area contributed by atoms with Crippen LogP contribution in [0.15, 0.2) is 71.0 Å². The van der Waals surface area contributed by atoms with Gasteiger partial charge in [0.15, 0.2) is 0 Å². The number of rotatable bonds is 4. The molecule has 2 aromatic rings. The van der Waals surface area contributed by atoms with Gasteiger partial charge < -0.3 is 4.90 Å². The summed E-state index contributed by atoms with van der Waals surface area (Å²) in [5.41, 5.74) is 3.17. The molecule has 1 aliphatic rings. The molecule has 1 amide bonds. The van der Waals surface area contributed by atoms with Crippen molar-refractivity contribution >= 4 is 23.0 Å². The van der Waals surface area contributed by atoms with Crippen molar-refractivity contribution < 1.29 is 9.72 Å². The number of nitro groups is 1. The highest BCUT2D eigenvalue weighted by Crippen LogP contribution is 2.29. The second kappa shape index (κ2) is 6.79. The molecule has 0 aliphatic carbocycles. The average Bonchev–Trinajstić information content (AvgIpc) is 2.99. The Hall–Kier alpha value is -3.48. The maximum absolute atomic E-state index is 13.0. The van der Waals surface area contributed by atoms with Crippen LogP contribution in [-0.2, 0) is 4.79 Å². The van der Waals surface area contributed by atoms with E-state index in [-0.39, 0.29) is 11.6 Å². The van der Waals surface area contributed by atoms with E-state index >= 15 is 0 Å². The fraction of sp³-hybridized carbons (Fsp3) is 0.158. The number of hydrogen-bond acceptors (Lipinski definition) is 5. The molecule has 0 N–H and O–H groups in total. The fourth-order valence-corrected chi connectivity index (χ4v) is 2.64. The van der Waals surface area contributed by atoms with Crippen LogP contribution in [0.1, 0.15) is 12.5 Å². The molecule has 2 aromatic carbocycles. The van der Waals surface area contributed by atoms with Crippen LogP contribution in [0.5, 0.6) is 0 Å². The number of amides is 1. The number of carbonyl (C=O) groups is 1. The van der Waals surface area contributed by atoms with Crippen molar-refractivity contribution in [3.05, 3.63) is 81.5 Å². The van der Waals surface area contributed by atoms with E-state index < -0.39 is 4.92 Å². The molecule has 0 saturated heterocycles. The lowest BCUT2D eigenvalue weighted by atomic mass is 10.0. The van der Waals surface area contributed by atoms with Crippen LogP contribution < -0.4 is 5.01 Å². The largest absolute Gasteiger partial charge is 0.380 e. The summed E-state index contributed by atoms with van der Waals surface area (Å²) in [6.07, 6.45) is 0. The van der Waals surface area contributed by atoms with Gasteiger partial charge in [-0.05, 0) is 19.1 Å². The van der Waals surface area contributed by atoms with Gasteiger partial charge in [-0.15, -0.1) is 0 Å². The quantitative estimate of drug-likeness (QED) is 0.482.